The Hall–Kier alpha value is -1.75. The highest BCUT2D eigenvalue weighted by Crippen LogP contribution is 2.20. The molecular weight excluding hydrogens is 232 g/mol. The Morgan fingerprint density at radius 2 is 2.38 bits per heavy atom. The van der Waals surface area contributed by atoms with Gasteiger partial charge in [0.25, 0.3) is 0 Å². The third-order valence-electron chi connectivity index (χ3n) is 1.91. The predicted molar refractivity (Wildman–Crippen MR) is 56.8 cm³/mol. The second-order valence-electron chi connectivity index (χ2n) is 3.07. The highest BCUT2D eigenvalue weighted by Gasteiger charge is 2.09. The summed E-state index contributed by atoms with van der Waals surface area (Å²) in [6, 6.07) is 5.22. The molecule has 0 spiro atoms. The van der Waals surface area contributed by atoms with Crippen molar-refractivity contribution in [1.82, 2.24) is 10.5 Å². The third kappa shape index (κ3) is 2.43. The molecule has 0 aliphatic carbocycles. The van der Waals surface area contributed by atoms with E-state index in [1.165, 1.54) is 0 Å². The van der Waals surface area contributed by atoms with Crippen LogP contribution in [0, 0.1) is 0 Å². The van der Waals surface area contributed by atoms with Crippen molar-refractivity contribution in [1.29, 1.82) is 0 Å². The molecule has 84 valence electrons. The number of carbonyl (C=O) groups is 1. The van der Waals surface area contributed by atoms with Crippen LogP contribution >= 0.6 is 11.6 Å². The van der Waals surface area contributed by atoms with E-state index in [1.54, 1.807) is 24.5 Å². The highest BCUT2D eigenvalue weighted by atomic mass is 35.5. The Bertz CT molecular complexity index is 464. The largest absolute Gasteiger partial charge is 0.461 e. The number of furan rings is 1. The Morgan fingerprint density at radius 1 is 1.50 bits per heavy atom. The summed E-state index contributed by atoms with van der Waals surface area (Å²) in [5.74, 6) is 0.815. The molecule has 0 aliphatic rings. The molecule has 16 heavy (non-hydrogen) atoms. The predicted octanol–water partition coefficient (Wildman–Crippen LogP) is 1.79. The molecular formula is C10H9ClN2O3. The van der Waals surface area contributed by atoms with E-state index >= 15 is 0 Å². The maximum absolute atomic E-state index is 10.9. The number of hydrogen-bond acceptors (Lipinski definition) is 4. The summed E-state index contributed by atoms with van der Waals surface area (Å²) in [6.45, 7) is 0.287. The second kappa shape index (κ2) is 4.85. The molecule has 2 rings (SSSR count). The van der Waals surface area contributed by atoms with Crippen molar-refractivity contribution in [2.75, 3.05) is 5.88 Å². The smallest absolute Gasteiger partial charge is 0.235 e. The zero-order chi connectivity index (χ0) is 11.4. The van der Waals surface area contributed by atoms with E-state index in [0.717, 1.165) is 0 Å². The normalized spacial score (nSPS) is 10.3. The van der Waals surface area contributed by atoms with Gasteiger partial charge in [-0.1, -0.05) is 5.16 Å². The molecule has 2 aromatic heterocycles. The molecule has 0 bridgehead atoms. The van der Waals surface area contributed by atoms with Crippen LogP contribution in [-0.2, 0) is 11.3 Å². The van der Waals surface area contributed by atoms with Crippen molar-refractivity contribution >= 4 is 17.5 Å². The number of carbonyl (C=O) groups excluding carboxylic acids is 1. The summed E-state index contributed by atoms with van der Waals surface area (Å²) >= 11 is 5.33. The van der Waals surface area contributed by atoms with Crippen molar-refractivity contribution in [3.8, 4) is 11.5 Å². The summed E-state index contributed by atoms with van der Waals surface area (Å²) in [6.07, 6.45) is 1.55. The molecule has 0 saturated carbocycles. The van der Waals surface area contributed by atoms with E-state index < -0.39 is 0 Å². The number of aromatic nitrogens is 1. The fraction of sp³-hybridized carbons (Fsp3) is 0.200. The monoisotopic (exact) mass is 240 g/mol. The summed E-state index contributed by atoms with van der Waals surface area (Å²) in [5.41, 5.74) is 0.616. The fourth-order valence-electron chi connectivity index (χ4n) is 1.17. The number of amides is 1. The maximum atomic E-state index is 10.9. The minimum absolute atomic E-state index is 0.0666. The SMILES string of the molecule is O=C(CCl)NCc1cc(-c2ccco2)on1. The van der Waals surface area contributed by atoms with Crippen molar-refractivity contribution in [2.45, 2.75) is 6.54 Å². The van der Waals surface area contributed by atoms with Gasteiger partial charge in [-0.25, -0.2) is 0 Å². The zero-order valence-electron chi connectivity index (χ0n) is 8.27. The Morgan fingerprint density at radius 3 is 3.06 bits per heavy atom. The van der Waals surface area contributed by atoms with Gasteiger partial charge in [0.2, 0.25) is 11.7 Å². The topological polar surface area (TPSA) is 68.3 Å². The molecule has 5 nitrogen and oxygen atoms in total. The summed E-state index contributed by atoms with van der Waals surface area (Å²) in [4.78, 5) is 10.9. The first-order valence-electron chi connectivity index (χ1n) is 4.61. The molecule has 6 heteroatoms. The van der Waals surface area contributed by atoms with Crippen LogP contribution in [-0.4, -0.2) is 16.9 Å². The average Bonchev–Trinajstić information content (AvgIpc) is 2.95. The van der Waals surface area contributed by atoms with E-state index in [0.29, 0.717) is 17.2 Å². The lowest BCUT2D eigenvalue weighted by Gasteiger charge is -1.96. The van der Waals surface area contributed by atoms with Gasteiger partial charge < -0.3 is 14.3 Å². The first-order valence-corrected chi connectivity index (χ1v) is 5.15. The number of nitrogens with one attached hydrogen (secondary N) is 1. The van der Waals surface area contributed by atoms with E-state index in [-0.39, 0.29) is 18.3 Å². The molecule has 0 aromatic carbocycles. The Labute approximate surface area is 96.4 Å². The summed E-state index contributed by atoms with van der Waals surface area (Å²) in [5, 5.41) is 6.37. The average molecular weight is 241 g/mol. The Kier molecular flexibility index (Phi) is 3.26. The molecule has 0 unspecified atom stereocenters. The van der Waals surface area contributed by atoms with Gasteiger partial charge in [0.1, 0.15) is 11.6 Å². The second-order valence-corrected chi connectivity index (χ2v) is 3.34. The molecule has 0 atom stereocenters. The van der Waals surface area contributed by atoms with Crippen molar-refractivity contribution in [2.24, 2.45) is 0 Å². The number of hydrogen-bond donors (Lipinski definition) is 1. The van der Waals surface area contributed by atoms with Crippen LogP contribution in [0.25, 0.3) is 11.5 Å². The zero-order valence-corrected chi connectivity index (χ0v) is 9.03. The molecule has 0 fully saturated rings. The molecule has 0 radical (unpaired) electrons. The first-order chi connectivity index (χ1) is 7.79. The lowest BCUT2D eigenvalue weighted by Crippen LogP contribution is -2.23. The van der Waals surface area contributed by atoms with Crippen LogP contribution in [0.4, 0.5) is 0 Å². The summed E-state index contributed by atoms with van der Waals surface area (Å²) < 4.78 is 10.2. The maximum Gasteiger partial charge on any atom is 0.235 e. The molecule has 0 saturated heterocycles. The van der Waals surface area contributed by atoms with Crippen LogP contribution in [0.5, 0.6) is 0 Å². The van der Waals surface area contributed by atoms with Crippen molar-refractivity contribution < 1.29 is 13.7 Å². The molecule has 1 amide bonds. The summed E-state index contributed by atoms with van der Waals surface area (Å²) in [7, 11) is 0. The minimum atomic E-state index is -0.246. The van der Waals surface area contributed by atoms with Crippen molar-refractivity contribution in [3.63, 3.8) is 0 Å². The third-order valence-corrected chi connectivity index (χ3v) is 2.15. The van der Waals surface area contributed by atoms with Gasteiger partial charge >= 0.3 is 0 Å². The van der Waals surface area contributed by atoms with Gasteiger partial charge in [-0.3, -0.25) is 4.79 Å². The van der Waals surface area contributed by atoms with E-state index in [2.05, 4.69) is 10.5 Å². The lowest BCUT2D eigenvalue weighted by molar-refractivity contribution is -0.118. The Balaban J connectivity index is 2.00. The highest BCUT2D eigenvalue weighted by molar-refractivity contribution is 6.27. The molecule has 2 heterocycles. The van der Waals surface area contributed by atoms with Crippen LogP contribution in [0.15, 0.2) is 33.4 Å². The van der Waals surface area contributed by atoms with Gasteiger partial charge in [0.15, 0.2) is 5.76 Å². The number of nitrogens with zero attached hydrogens (tertiary/aromatic N) is 1. The van der Waals surface area contributed by atoms with Crippen LogP contribution in [0.3, 0.4) is 0 Å². The van der Waals surface area contributed by atoms with Gasteiger partial charge in [-0.05, 0) is 12.1 Å². The molecule has 0 aliphatic heterocycles. The number of alkyl halides is 1. The van der Waals surface area contributed by atoms with Gasteiger partial charge in [-0.15, -0.1) is 11.6 Å². The van der Waals surface area contributed by atoms with Gasteiger partial charge in [0, 0.05) is 6.07 Å². The molecule has 2 aromatic rings. The van der Waals surface area contributed by atoms with E-state index in [9.17, 15) is 4.79 Å². The first kappa shape index (κ1) is 10.8. The number of rotatable bonds is 4. The number of halogens is 1. The van der Waals surface area contributed by atoms with Crippen LogP contribution < -0.4 is 5.32 Å². The lowest BCUT2D eigenvalue weighted by atomic mass is 10.3. The van der Waals surface area contributed by atoms with Gasteiger partial charge in [0.05, 0.1) is 12.8 Å². The fourth-order valence-corrected chi connectivity index (χ4v) is 1.26. The molecule has 1 N–H and O–H groups in total. The standard InChI is InChI=1S/C10H9ClN2O3/c11-5-10(14)12-6-7-4-9(16-13-7)8-2-1-3-15-8/h1-4H,5-6H2,(H,12,14). The van der Waals surface area contributed by atoms with E-state index in [4.69, 9.17) is 20.5 Å². The minimum Gasteiger partial charge on any atom is -0.461 e. The van der Waals surface area contributed by atoms with E-state index in [1.807, 2.05) is 0 Å². The van der Waals surface area contributed by atoms with Crippen LogP contribution in [0.2, 0.25) is 0 Å². The van der Waals surface area contributed by atoms with Gasteiger partial charge in [-0.2, -0.15) is 0 Å². The quantitative estimate of drug-likeness (QED) is 0.828. The van der Waals surface area contributed by atoms with Crippen molar-refractivity contribution in [3.05, 3.63) is 30.2 Å². The van der Waals surface area contributed by atoms with Crippen LogP contribution in [0.1, 0.15) is 5.69 Å².